The smallest absolute Gasteiger partial charge is 0.407 e. The summed E-state index contributed by atoms with van der Waals surface area (Å²) in [6.07, 6.45) is 6.59. The summed E-state index contributed by atoms with van der Waals surface area (Å²) in [6, 6.07) is 5.58. The van der Waals surface area contributed by atoms with E-state index < -0.39 is 6.09 Å². The first-order valence-corrected chi connectivity index (χ1v) is 8.67. The molecule has 9 nitrogen and oxygen atoms in total. The van der Waals surface area contributed by atoms with Gasteiger partial charge in [-0.05, 0) is 18.6 Å². The molecular weight excluding hydrogens is 348 g/mol. The molecule has 0 radical (unpaired) electrons. The number of fused-ring (bicyclic) bond motifs is 1. The lowest BCUT2D eigenvalue weighted by molar-refractivity contribution is 0.0323. The highest BCUT2D eigenvalue weighted by atomic mass is 16.5. The third kappa shape index (κ3) is 3.41. The summed E-state index contributed by atoms with van der Waals surface area (Å²) in [5.74, 6) is 0.567. The zero-order valence-electron chi connectivity index (χ0n) is 14.8. The van der Waals surface area contributed by atoms with Crippen LogP contribution in [0.1, 0.15) is 6.42 Å². The maximum atomic E-state index is 11.3. The molecule has 4 rings (SSSR count). The van der Waals surface area contributed by atoms with Crippen LogP contribution in [0.5, 0.6) is 0 Å². The molecule has 140 valence electrons. The standard InChI is InChI=1S/C18H20N6O3/c1-27-15-5-7-23(18(25)26)11-13(15)22-16-10-19-8-12(21-16)14-9-20-17-4-2-3-6-24(14)17/h2-4,6,8-10,13,15H,5,7,11H2,1H3,(H,21,22)(H,25,26)/t13-,15-/m1/s1. The Morgan fingerprint density at radius 1 is 1.33 bits per heavy atom. The first-order valence-electron chi connectivity index (χ1n) is 8.67. The van der Waals surface area contributed by atoms with E-state index in [0.717, 1.165) is 11.3 Å². The van der Waals surface area contributed by atoms with Crippen molar-refractivity contribution in [1.29, 1.82) is 0 Å². The quantitative estimate of drug-likeness (QED) is 0.725. The fourth-order valence-electron chi connectivity index (χ4n) is 3.40. The topological polar surface area (TPSA) is 105 Å². The molecule has 2 atom stereocenters. The number of likely N-dealkylation sites (tertiary alicyclic amines) is 1. The van der Waals surface area contributed by atoms with Crippen molar-refractivity contribution in [2.24, 2.45) is 0 Å². The lowest BCUT2D eigenvalue weighted by Gasteiger charge is -2.36. The van der Waals surface area contributed by atoms with Crippen LogP contribution in [0.3, 0.4) is 0 Å². The van der Waals surface area contributed by atoms with Crippen LogP contribution in [-0.4, -0.2) is 67.8 Å². The van der Waals surface area contributed by atoms with Gasteiger partial charge in [0.25, 0.3) is 0 Å². The molecule has 0 bridgehead atoms. The van der Waals surface area contributed by atoms with Crippen LogP contribution in [0, 0.1) is 0 Å². The molecule has 0 unspecified atom stereocenters. The number of anilines is 1. The molecule has 4 heterocycles. The van der Waals surface area contributed by atoms with Gasteiger partial charge in [0.2, 0.25) is 0 Å². The fourth-order valence-corrected chi connectivity index (χ4v) is 3.40. The monoisotopic (exact) mass is 368 g/mol. The second kappa shape index (κ2) is 7.20. The highest BCUT2D eigenvalue weighted by Crippen LogP contribution is 2.21. The number of rotatable bonds is 4. The summed E-state index contributed by atoms with van der Waals surface area (Å²) in [4.78, 5) is 26.0. The number of carbonyl (C=O) groups is 1. The van der Waals surface area contributed by atoms with E-state index in [1.54, 1.807) is 25.7 Å². The molecule has 9 heteroatoms. The van der Waals surface area contributed by atoms with Crippen LogP contribution in [0.4, 0.5) is 10.6 Å². The lowest BCUT2D eigenvalue weighted by atomic mass is 10.0. The molecule has 3 aromatic rings. The first kappa shape index (κ1) is 17.2. The zero-order chi connectivity index (χ0) is 18.8. The predicted molar refractivity (Wildman–Crippen MR) is 98.6 cm³/mol. The number of carboxylic acid groups (broad SMARTS) is 1. The lowest BCUT2D eigenvalue weighted by Crippen LogP contribution is -2.52. The van der Waals surface area contributed by atoms with Crippen molar-refractivity contribution in [2.75, 3.05) is 25.5 Å². The Kier molecular flexibility index (Phi) is 4.59. The number of nitrogens with one attached hydrogen (secondary N) is 1. The minimum absolute atomic E-state index is 0.0955. The first-order chi connectivity index (χ1) is 13.2. The SMILES string of the molecule is CO[C@@H]1CCN(C(=O)O)C[C@H]1Nc1cncc(-c2cnc3ccccn23)n1. The summed E-state index contributed by atoms with van der Waals surface area (Å²) in [6.45, 7) is 0.787. The Morgan fingerprint density at radius 2 is 2.22 bits per heavy atom. The van der Waals surface area contributed by atoms with Gasteiger partial charge in [0.1, 0.15) is 17.2 Å². The minimum Gasteiger partial charge on any atom is -0.465 e. The largest absolute Gasteiger partial charge is 0.465 e. The summed E-state index contributed by atoms with van der Waals surface area (Å²) in [7, 11) is 1.64. The van der Waals surface area contributed by atoms with Crippen LogP contribution >= 0.6 is 0 Å². The predicted octanol–water partition coefficient (Wildman–Crippen LogP) is 1.97. The van der Waals surface area contributed by atoms with Crippen LogP contribution in [-0.2, 0) is 4.74 Å². The van der Waals surface area contributed by atoms with Crippen molar-refractivity contribution in [3.8, 4) is 11.4 Å². The fraction of sp³-hybridized carbons (Fsp3) is 0.333. The van der Waals surface area contributed by atoms with Gasteiger partial charge in [-0.15, -0.1) is 0 Å². The molecule has 1 amide bonds. The maximum absolute atomic E-state index is 11.3. The Hall–Kier alpha value is -3.20. The van der Waals surface area contributed by atoms with E-state index in [0.29, 0.717) is 31.0 Å². The molecule has 1 aliphatic heterocycles. The van der Waals surface area contributed by atoms with Gasteiger partial charge in [-0.2, -0.15) is 0 Å². The molecule has 0 aromatic carbocycles. The van der Waals surface area contributed by atoms with Gasteiger partial charge in [0.15, 0.2) is 0 Å². The van der Waals surface area contributed by atoms with Gasteiger partial charge in [-0.25, -0.2) is 14.8 Å². The molecule has 1 saturated heterocycles. The average molecular weight is 368 g/mol. The van der Waals surface area contributed by atoms with Crippen LogP contribution in [0.2, 0.25) is 0 Å². The van der Waals surface area contributed by atoms with E-state index in [2.05, 4.69) is 20.3 Å². The number of hydrogen-bond donors (Lipinski definition) is 2. The van der Waals surface area contributed by atoms with Crippen molar-refractivity contribution in [1.82, 2.24) is 24.3 Å². The number of methoxy groups -OCH3 is 1. The Bertz CT molecular complexity index is 959. The number of pyridine rings is 1. The zero-order valence-corrected chi connectivity index (χ0v) is 14.8. The van der Waals surface area contributed by atoms with Crippen molar-refractivity contribution in [2.45, 2.75) is 18.6 Å². The number of imidazole rings is 1. The average Bonchev–Trinajstić information content (AvgIpc) is 3.12. The molecule has 1 aliphatic rings. The van der Waals surface area contributed by atoms with Crippen LogP contribution < -0.4 is 5.32 Å². The third-order valence-electron chi connectivity index (χ3n) is 4.77. The second-order valence-corrected chi connectivity index (χ2v) is 6.40. The van der Waals surface area contributed by atoms with Crippen molar-refractivity contribution in [3.63, 3.8) is 0 Å². The highest BCUT2D eigenvalue weighted by molar-refractivity contribution is 5.65. The van der Waals surface area contributed by atoms with Gasteiger partial charge in [0, 0.05) is 26.4 Å². The van der Waals surface area contributed by atoms with E-state index in [-0.39, 0.29) is 12.1 Å². The van der Waals surface area contributed by atoms with E-state index in [1.165, 1.54) is 4.90 Å². The highest BCUT2D eigenvalue weighted by Gasteiger charge is 2.31. The van der Waals surface area contributed by atoms with Crippen LogP contribution in [0.15, 0.2) is 43.0 Å². The molecule has 0 spiro atoms. The summed E-state index contributed by atoms with van der Waals surface area (Å²) in [5, 5.41) is 12.6. The second-order valence-electron chi connectivity index (χ2n) is 6.40. The van der Waals surface area contributed by atoms with E-state index in [9.17, 15) is 9.90 Å². The molecule has 2 N–H and O–H groups in total. The number of ether oxygens (including phenoxy) is 1. The maximum Gasteiger partial charge on any atom is 0.407 e. The third-order valence-corrected chi connectivity index (χ3v) is 4.77. The molecule has 1 fully saturated rings. The Balaban J connectivity index is 1.59. The number of piperidine rings is 1. The van der Waals surface area contributed by atoms with Crippen LogP contribution in [0.25, 0.3) is 17.0 Å². The van der Waals surface area contributed by atoms with Crippen molar-refractivity contribution >= 4 is 17.6 Å². The van der Waals surface area contributed by atoms with Crippen molar-refractivity contribution < 1.29 is 14.6 Å². The van der Waals surface area contributed by atoms with Gasteiger partial charge < -0.3 is 20.1 Å². The number of aromatic nitrogens is 4. The van der Waals surface area contributed by atoms with E-state index >= 15 is 0 Å². The number of amides is 1. The van der Waals surface area contributed by atoms with Crippen molar-refractivity contribution in [3.05, 3.63) is 43.0 Å². The Morgan fingerprint density at radius 3 is 3.04 bits per heavy atom. The van der Waals surface area contributed by atoms with E-state index in [4.69, 9.17) is 4.74 Å². The van der Waals surface area contributed by atoms with Gasteiger partial charge in [0.05, 0.1) is 36.4 Å². The van der Waals surface area contributed by atoms with Gasteiger partial charge >= 0.3 is 6.09 Å². The summed E-state index contributed by atoms with van der Waals surface area (Å²) < 4.78 is 7.46. The number of hydrogen-bond acceptors (Lipinski definition) is 6. The summed E-state index contributed by atoms with van der Waals surface area (Å²) in [5.41, 5.74) is 2.34. The normalized spacial score (nSPS) is 20.0. The molecule has 0 aliphatic carbocycles. The molecular formula is C18H20N6O3. The summed E-state index contributed by atoms with van der Waals surface area (Å²) >= 11 is 0. The molecule has 3 aromatic heterocycles. The van der Waals surface area contributed by atoms with Gasteiger partial charge in [-0.3, -0.25) is 9.38 Å². The Labute approximate surface area is 155 Å². The minimum atomic E-state index is -0.929. The molecule has 0 saturated carbocycles. The van der Waals surface area contributed by atoms with E-state index in [1.807, 2.05) is 28.8 Å². The number of nitrogens with zero attached hydrogens (tertiary/aromatic N) is 5. The molecule has 27 heavy (non-hydrogen) atoms. The van der Waals surface area contributed by atoms with Gasteiger partial charge in [-0.1, -0.05) is 6.07 Å².